The zero-order valence-corrected chi connectivity index (χ0v) is 9.15. The molecule has 0 heterocycles. The fraction of sp³-hybridized carbons (Fsp3) is 0.273. The number of nitrogens with two attached hydrogens (primary N) is 1. The number of halogens is 4. The molecule has 1 atom stereocenters. The lowest BCUT2D eigenvalue weighted by Crippen LogP contribution is -2.17. The van der Waals surface area contributed by atoms with Gasteiger partial charge in [-0.05, 0) is 24.1 Å². The van der Waals surface area contributed by atoms with E-state index in [9.17, 15) is 13.2 Å². The van der Waals surface area contributed by atoms with Crippen molar-refractivity contribution in [3.8, 4) is 0 Å². The van der Waals surface area contributed by atoms with Crippen molar-refractivity contribution in [2.24, 2.45) is 5.73 Å². The standard InChI is InChI=1S/C11H11ClF3N/c1-2-4-9(16)10-7(11(13,14)15)5-3-6-8(10)12/h2-3,5-6,9H,1,4,16H2/t9-/m0/s1. The molecule has 1 aromatic carbocycles. The third kappa shape index (κ3) is 2.77. The number of benzene rings is 1. The molecule has 2 N–H and O–H groups in total. The molecule has 0 saturated heterocycles. The summed E-state index contributed by atoms with van der Waals surface area (Å²) in [5, 5.41) is 0.0316. The van der Waals surface area contributed by atoms with Gasteiger partial charge in [0.2, 0.25) is 0 Å². The zero-order valence-electron chi connectivity index (χ0n) is 8.39. The van der Waals surface area contributed by atoms with Gasteiger partial charge in [0.1, 0.15) is 0 Å². The molecule has 0 radical (unpaired) electrons. The van der Waals surface area contributed by atoms with E-state index in [4.69, 9.17) is 17.3 Å². The van der Waals surface area contributed by atoms with Crippen LogP contribution in [0.15, 0.2) is 30.9 Å². The molecule has 16 heavy (non-hydrogen) atoms. The Morgan fingerprint density at radius 3 is 2.56 bits per heavy atom. The van der Waals surface area contributed by atoms with Gasteiger partial charge in [0.05, 0.1) is 5.56 Å². The second-order valence-corrected chi connectivity index (χ2v) is 3.74. The van der Waals surface area contributed by atoms with Crippen molar-refractivity contribution in [3.05, 3.63) is 47.0 Å². The SMILES string of the molecule is C=CC[C@H](N)c1c(Cl)cccc1C(F)(F)F. The summed E-state index contributed by atoms with van der Waals surface area (Å²) in [5.74, 6) is 0. The first-order valence-electron chi connectivity index (χ1n) is 4.60. The molecule has 0 aliphatic carbocycles. The van der Waals surface area contributed by atoms with Crippen LogP contribution in [0.5, 0.6) is 0 Å². The van der Waals surface area contributed by atoms with Gasteiger partial charge in [0.25, 0.3) is 0 Å². The largest absolute Gasteiger partial charge is 0.416 e. The zero-order chi connectivity index (χ0) is 12.3. The molecule has 0 spiro atoms. The quantitative estimate of drug-likeness (QED) is 0.807. The molecule has 1 nitrogen and oxygen atoms in total. The van der Waals surface area contributed by atoms with Crippen molar-refractivity contribution in [2.75, 3.05) is 0 Å². The molecule has 1 aromatic rings. The van der Waals surface area contributed by atoms with Crippen LogP contribution in [0.2, 0.25) is 5.02 Å². The second-order valence-electron chi connectivity index (χ2n) is 3.33. The molecule has 0 unspecified atom stereocenters. The summed E-state index contributed by atoms with van der Waals surface area (Å²) < 4.78 is 38.1. The number of hydrogen-bond acceptors (Lipinski definition) is 1. The molecule has 88 valence electrons. The summed E-state index contributed by atoms with van der Waals surface area (Å²) in [5.41, 5.74) is 4.79. The fourth-order valence-corrected chi connectivity index (χ4v) is 1.77. The lowest BCUT2D eigenvalue weighted by molar-refractivity contribution is -0.138. The van der Waals surface area contributed by atoms with Crippen molar-refractivity contribution in [3.63, 3.8) is 0 Å². The predicted octanol–water partition coefficient (Wildman–Crippen LogP) is 3.93. The van der Waals surface area contributed by atoms with Crippen LogP contribution in [0.1, 0.15) is 23.6 Å². The summed E-state index contributed by atoms with van der Waals surface area (Å²) in [4.78, 5) is 0. The van der Waals surface area contributed by atoms with Crippen LogP contribution in [-0.2, 0) is 6.18 Å². The van der Waals surface area contributed by atoms with Gasteiger partial charge in [-0.25, -0.2) is 0 Å². The Kier molecular flexibility index (Phi) is 3.99. The summed E-state index contributed by atoms with van der Waals surface area (Å²) in [6.45, 7) is 3.44. The minimum atomic E-state index is -4.45. The normalized spacial score (nSPS) is 13.6. The summed E-state index contributed by atoms with van der Waals surface area (Å²) >= 11 is 5.75. The number of rotatable bonds is 3. The lowest BCUT2D eigenvalue weighted by atomic mass is 9.98. The maximum absolute atomic E-state index is 12.7. The van der Waals surface area contributed by atoms with Gasteiger partial charge in [0.15, 0.2) is 0 Å². The summed E-state index contributed by atoms with van der Waals surface area (Å²) in [7, 11) is 0. The highest BCUT2D eigenvalue weighted by Crippen LogP contribution is 2.38. The van der Waals surface area contributed by atoms with Gasteiger partial charge in [0, 0.05) is 11.1 Å². The van der Waals surface area contributed by atoms with Crippen LogP contribution < -0.4 is 5.73 Å². The average molecular weight is 250 g/mol. The monoisotopic (exact) mass is 249 g/mol. The van der Waals surface area contributed by atoms with E-state index in [-0.39, 0.29) is 17.0 Å². The Morgan fingerprint density at radius 2 is 2.06 bits per heavy atom. The minimum Gasteiger partial charge on any atom is -0.324 e. The van der Waals surface area contributed by atoms with Gasteiger partial charge < -0.3 is 5.73 Å². The molecule has 0 bridgehead atoms. The first kappa shape index (κ1) is 13.1. The Labute approximate surface area is 96.7 Å². The third-order valence-corrected chi connectivity index (χ3v) is 2.48. The third-order valence-electron chi connectivity index (χ3n) is 2.15. The van der Waals surface area contributed by atoms with Crippen LogP contribution in [0.3, 0.4) is 0 Å². The Morgan fingerprint density at radius 1 is 1.44 bits per heavy atom. The molecule has 0 aliphatic rings. The summed E-state index contributed by atoms with van der Waals surface area (Å²) in [6.07, 6.45) is -2.74. The van der Waals surface area contributed by atoms with Gasteiger partial charge in [-0.15, -0.1) is 6.58 Å². The van der Waals surface area contributed by atoms with E-state index in [0.29, 0.717) is 0 Å². The van der Waals surface area contributed by atoms with Crippen LogP contribution in [-0.4, -0.2) is 0 Å². The smallest absolute Gasteiger partial charge is 0.324 e. The molecule has 0 saturated carbocycles. The molecule has 0 aliphatic heterocycles. The van der Waals surface area contributed by atoms with Gasteiger partial charge >= 0.3 is 6.18 Å². The molecule has 0 amide bonds. The Bertz CT molecular complexity index is 387. The molecular weight excluding hydrogens is 239 g/mol. The Hall–Kier alpha value is -1.00. The number of alkyl halides is 3. The Balaban J connectivity index is 3.29. The van der Waals surface area contributed by atoms with E-state index >= 15 is 0 Å². The summed E-state index contributed by atoms with van der Waals surface area (Å²) in [6, 6.07) is 2.84. The maximum atomic E-state index is 12.7. The van der Waals surface area contributed by atoms with Crippen LogP contribution in [0.25, 0.3) is 0 Å². The second kappa shape index (κ2) is 4.89. The molecule has 0 aromatic heterocycles. The fourth-order valence-electron chi connectivity index (χ4n) is 1.46. The van der Waals surface area contributed by atoms with E-state index in [1.165, 1.54) is 18.2 Å². The van der Waals surface area contributed by atoms with Crippen molar-refractivity contribution in [1.29, 1.82) is 0 Å². The van der Waals surface area contributed by atoms with Gasteiger partial charge in [-0.1, -0.05) is 23.7 Å². The van der Waals surface area contributed by atoms with E-state index in [1.54, 1.807) is 0 Å². The highest BCUT2D eigenvalue weighted by atomic mass is 35.5. The van der Waals surface area contributed by atoms with Crippen molar-refractivity contribution < 1.29 is 13.2 Å². The molecule has 5 heteroatoms. The highest BCUT2D eigenvalue weighted by molar-refractivity contribution is 6.31. The predicted molar refractivity (Wildman–Crippen MR) is 58.2 cm³/mol. The van der Waals surface area contributed by atoms with Gasteiger partial charge in [-0.2, -0.15) is 13.2 Å². The topological polar surface area (TPSA) is 26.0 Å². The van der Waals surface area contributed by atoms with Gasteiger partial charge in [-0.3, -0.25) is 0 Å². The van der Waals surface area contributed by atoms with Crippen molar-refractivity contribution in [2.45, 2.75) is 18.6 Å². The first-order chi connectivity index (χ1) is 7.38. The highest BCUT2D eigenvalue weighted by Gasteiger charge is 2.35. The first-order valence-corrected chi connectivity index (χ1v) is 4.97. The van der Waals surface area contributed by atoms with Crippen LogP contribution in [0.4, 0.5) is 13.2 Å². The molecule has 1 rings (SSSR count). The molecule has 0 fully saturated rings. The average Bonchev–Trinajstić information content (AvgIpc) is 2.16. The van der Waals surface area contributed by atoms with E-state index < -0.39 is 17.8 Å². The van der Waals surface area contributed by atoms with Crippen molar-refractivity contribution in [1.82, 2.24) is 0 Å². The maximum Gasteiger partial charge on any atom is 0.416 e. The minimum absolute atomic E-state index is 0.0316. The van der Waals surface area contributed by atoms with Crippen LogP contribution >= 0.6 is 11.6 Å². The van der Waals surface area contributed by atoms with E-state index in [1.807, 2.05) is 0 Å². The van der Waals surface area contributed by atoms with E-state index in [0.717, 1.165) is 6.07 Å². The van der Waals surface area contributed by atoms with Crippen molar-refractivity contribution >= 4 is 11.6 Å². The lowest BCUT2D eigenvalue weighted by Gasteiger charge is -2.18. The number of hydrogen-bond donors (Lipinski definition) is 1. The van der Waals surface area contributed by atoms with Crippen LogP contribution in [0, 0.1) is 0 Å². The molecular formula is C11H11ClF3N. The van der Waals surface area contributed by atoms with E-state index in [2.05, 4.69) is 6.58 Å².